The van der Waals surface area contributed by atoms with Crippen LogP contribution in [0.3, 0.4) is 0 Å². The van der Waals surface area contributed by atoms with Gasteiger partial charge >= 0.3 is 47.8 Å². The number of rotatable bonds is 19. The van der Waals surface area contributed by atoms with Crippen molar-refractivity contribution in [3.8, 4) is 0 Å². The molecule has 2 heterocycles. The summed E-state index contributed by atoms with van der Waals surface area (Å²) < 4.78 is 46.4. The molecule has 18 heteroatoms. The van der Waals surface area contributed by atoms with E-state index in [1.807, 2.05) is 125 Å². The molecule has 20 bridgehead atoms. The standard InChI is InChI=1S/C18H30O2.C17H28O2.2C16H26O3.C15H24O4.C13H20O4.18CH4/c1-5-17(3,4)16(19)20-18(6-2)14-8-12-7-13(10-14)11-15(18)9-12;1-5-16(2,3)15(18)19-17(4)13-7-11-6-12(9-13)10-14(17)8-11;2*1-4-14(2,3)13(17)19-16-8-11-5-12(9-16)7-15(18,6-11)10-16;1-6-13(2,3)12(17)19-14(4)8-7-10-9-15(14,5)18-11(10)16;1-4-13(2,3)12(15)17-9-6-5-8-7-10(9)16-11(8)14;;;;;;;;;;;;;;;;;;/h12-15H,5-11H2,1-4H3;11-14H,5-10H2,1-4H3;2*11-12,18H,4-10H2,1-3H3;10H,6-9H2,1-5H3;8-10H,4-7H2,1-3H3;18*1H4. The predicted octanol–water partition coefficient (Wildman–Crippen LogP) is 31.2. The second kappa shape index (κ2) is 51.5. The van der Waals surface area contributed by atoms with Gasteiger partial charge in [-0.25, -0.2) is 0 Å². The zero-order chi connectivity index (χ0) is 83.3. The van der Waals surface area contributed by atoms with Crippen LogP contribution in [0.4, 0.5) is 0 Å². The Morgan fingerprint density at radius 2 is 0.634 bits per heavy atom. The monoisotopic (exact) mass is 1870 g/mol. The van der Waals surface area contributed by atoms with Gasteiger partial charge in [-0.05, 0) is 374 Å². The number of carbonyl (C=O) groups is 8. The van der Waals surface area contributed by atoms with E-state index in [1.54, 1.807) is 0 Å². The minimum Gasteiger partial charge on any atom is -0.459 e. The summed E-state index contributed by atoms with van der Waals surface area (Å²) in [4.78, 5) is 97.2. The Hall–Kier alpha value is -4.32. The molecule has 0 spiro atoms. The molecule has 18 aliphatic carbocycles. The predicted molar refractivity (Wildman–Crippen MR) is 554 cm³/mol. The molecular formula is C113H226O18. The number of fused-ring (bicyclic) bond motifs is 4. The number of carbonyl (C=O) groups excluding carboxylic acids is 8. The third-order valence-corrected chi connectivity index (χ3v) is 33.9. The zero-order valence-corrected chi connectivity index (χ0v) is 74.4. The zero-order valence-electron chi connectivity index (χ0n) is 74.4. The van der Waals surface area contributed by atoms with E-state index < -0.39 is 44.1 Å². The quantitative estimate of drug-likeness (QED) is 0.0900. The van der Waals surface area contributed by atoms with Crippen LogP contribution in [0.2, 0.25) is 0 Å². The minimum absolute atomic E-state index is 0. The molecule has 2 saturated heterocycles. The van der Waals surface area contributed by atoms with E-state index in [2.05, 4.69) is 27.7 Å². The second-order valence-corrected chi connectivity index (χ2v) is 45.0. The molecule has 0 radical (unpaired) electrons. The highest BCUT2D eigenvalue weighted by atomic mass is 16.6. The van der Waals surface area contributed by atoms with Crippen LogP contribution in [-0.4, -0.2) is 115 Å². The summed E-state index contributed by atoms with van der Waals surface area (Å²) in [7, 11) is 0. The van der Waals surface area contributed by atoms with Gasteiger partial charge in [0.25, 0.3) is 0 Å². The summed E-state index contributed by atoms with van der Waals surface area (Å²) in [5.74, 6) is 7.71. The Bertz CT molecular complexity index is 3320. The van der Waals surface area contributed by atoms with Crippen molar-refractivity contribution in [3.05, 3.63) is 0 Å². The molecule has 0 aromatic rings. The first-order chi connectivity index (χ1) is 52.3. The normalized spacial score (nSPS) is 35.5. The first kappa shape index (κ1) is 142. The summed E-state index contributed by atoms with van der Waals surface area (Å²) in [6, 6.07) is 0. The summed E-state index contributed by atoms with van der Waals surface area (Å²) in [5.41, 5.74) is -5.96. The Morgan fingerprint density at radius 3 is 0.954 bits per heavy atom. The van der Waals surface area contributed by atoms with Gasteiger partial charge in [-0.3, -0.25) is 38.4 Å². The summed E-state index contributed by atoms with van der Waals surface area (Å²) in [5, 5.41) is 21.3. The number of hydrogen-bond donors (Lipinski definition) is 2. The molecule has 18 nitrogen and oxygen atoms in total. The van der Waals surface area contributed by atoms with Crippen LogP contribution in [0.15, 0.2) is 0 Å². The Balaban J connectivity index is -0.000000225. The molecule has 10 atom stereocenters. The average Bonchev–Trinajstić information content (AvgIpc) is 1.64. The van der Waals surface area contributed by atoms with E-state index in [-0.39, 0.29) is 239 Å². The van der Waals surface area contributed by atoms with E-state index in [0.29, 0.717) is 79.4 Å². The second-order valence-electron chi connectivity index (χ2n) is 45.0. The Morgan fingerprint density at radius 1 is 0.336 bits per heavy atom. The van der Waals surface area contributed by atoms with Crippen molar-refractivity contribution in [2.24, 2.45) is 115 Å². The van der Waals surface area contributed by atoms with Gasteiger partial charge in [0, 0.05) is 25.7 Å². The van der Waals surface area contributed by atoms with Crippen LogP contribution in [-0.2, 0) is 76.3 Å². The van der Waals surface area contributed by atoms with Gasteiger partial charge in [-0.15, -0.1) is 0 Å². The topological polar surface area (TPSA) is 251 Å². The fraction of sp³-hybridized carbons (Fsp3) is 0.929. The number of aliphatic hydroxyl groups is 2. The third kappa shape index (κ3) is 29.4. The highest BCUT2D eigenvalue weighted by Crippen LogP contribution is 2.65. The highest BCUT2D eigenvalue weighted by Gasteiger charge is 2.65. The van der Waals surface area contributed by atoms with Gasteiger partial charge in [-0.1, -0.05) is 182 Å². The van der Waals surface area contributed by atoms with Crippen molar-refractivity contribution in [1.82, 2.24) is 0 Å². The molecule has 2 aliphatic heterocycles. The summed E-state index contributed by atoms with van der Waals surface area (Å²) in [6.07, 6.45) is 34.2. The molecular weight excluding hydrogens is 1650 g/mol. The Kier molecular flexibility index (Phi) is 55.9. The molecule has 131 heavy (non-hydrogen) atoms. The van der Waals surface area contributed by atoms with E-state index >= 15 is 0 Å². The number of esters is 8. The van der Waals surface area contributed by atoms with Crippen molar-refractivity contribution >= 4 is 47.8 Å². The molecule has 0 aromatic carbocycles. The van der Waals surface area contributed by atoms with Crippen LogP contribution >= 0.6 is 0 Å². The van der Waals surface area contributed by atoms with Gasteiger partial charge in [0.05, 0.1) is 55.5 Å². The van der Waals surface area contributed by atoms with E-state index in [4.69, 9.17) is 37.9 Å². The maximum Gasteiger partial charge on any atom is 0.312 e. The minimum atomic E-state index is -0.709. The largest absolute Gasteiger partial charge is 0.459 e. The number of ether oxygens (including phenoxy) is 8. The van der Waals surface area contributed by atoms with Crippen molar-refractivity contribution in [2.45, 2.75) is 568 Å². The van der Waals surface area contributed by atoms with E-state index in [9.17, 15) is 48.6 Å². The maximum atomic E-state index is 12.6. The molecule has 10 unspecified atom stereocenters. The fourth-order valence-electron chi connectivity index (χ4n) is 24.5. The lowest BCUT2D eigenvalue weighted by atomic mass is 9.49. The van der Waals surface area contributed by atoms with E-state index in [1.165, 1.54) is 77.0 Å². The summed E-state index contributed by atoms with van der Waals surface area (Å²) >= 11 is 0. The van der Waals surface area contributed by atoms with Gasteiger partial charge < -0.3 is 48.1 Å². The van der Waals surface area contributed by atoms with Gasteiger partial charge in [-0.2, -0.15) is 0 Å². The van der Waals surface area contributed by atoms with Crippen molar-refractivity contribution in [1.29, 1.82) is 0 Å². The fourth-order valence-corrected chi connectivity index (χ4v) is 24.5. The first-order valence-electron chi connectivity index (χ1n) is 45.6. The Labute approximate surface area is 812 Å². The van der Waals surface area contributed by atoms with Crippen LogP contribution in [0.1, 0.15) is 511 Å². The highest BCUT2D eigenvalue weighted by molar-refractivity contribution is 5.80. The lowest BCUT2D eigenvalue weighted by Crippen LogP contribution is -2.61. The van der Waals surface area contributed by atoms with Crippen molar-refractivity contribution in [3.63, 3.8) is 0 Å². The molecule has 18 saturated carbocycles. The first-order valence-corrected chi connectivity index (χ1v) is 45.6. The van der Waals surface area contributed by atoms with Gasteiger partial charge in [0.15, 0.2) is 0 Å². The van der Waals surface area contributed by atoms with Crippen LogP contribution < -0.4 is 0 Å². The van der Waals surface area contributed by atoms with Crippen molar-refractivity contribution < 1.29 is 86.5 Å². The smallest absolute Gasteiger partial charge is 0.312 e. The number of hydrogen-bond acceptors (Lipinski definition) is 18. The van der Waals surface area contributed by atoms with Crippen LogP contribution in [0, 0.1) is 115 Å². The molecule has 786 valence electrons. The lowest BCUT2D eigenvalue weighted by Gasteiger charge is -2.60. The van der Waals surface area contributed by atoms with Crippen molar-refractivity contribution in [2.75, 3.05) is 0 Å². The van der Waals surface area contributed by atoms with E-state index in [0.717, 1.165) is 139 Å². The van der Waals surface area contributed by atoms with Gasteiger partial charge in [0.2, 0.25) is 0 Å². The lowest BCUT2D eigenvalue weighted by molar-refractivity contribution is -0.226. The SMILES string of the molecule is C.C.C.C.C.C.C.C.C.C.C.C.C.C.C.C.C.C.CCC(C)(C)C(=O)OC1(C)C2CC3CC(C2)CC1C3.CCC(C)(C)C(=O)OC1(C)CCC2CC1(C)OC2=O.CCC(C)(C)C(=O)OC1(CC)C2CC3CC(C2)CC1C3.CCC(C)(C)C(=O)OC12CC3CC(CC(O)(C3)C1)C2.CCC(C)(C)C(=O)OC12CC3CC(CC(O)(C3)C1)C2.CCC(C)(C)C(=O)OC1CCC2CC1OC2=O. The molecule has 0 aromatic heterocycles. The molecule has 20 aliphatic rings. The van der Waals surface area contributed by atoms with Gasteiger partial charge in [0.1, 0.15) is 45.8 Å². The molecule has 20 fully saturated rings. The average molecular weight is 1870 g/mol. The molecule has 2 N–H and O–H groups in total. The molecule has 20 rings (SSSR count). The van der Waals surface area contributed by atoms with Crippen LogP contribution in [0.25, 0.3) is 0 Å². The maximum absolute atomic E-state index is 12.6. The summed E-state index contributed by atoms with van der Waals surface area (Å²) in [6.45, 7) is 43.7. The molecule has 0 amide bonds. The third-order valence-electron chi connectivity index (χ3n) is 33.9. The van der Waals surface area contributed by atoms with Crippen LogP contribution in [0.5, 0.6) is 0 Å².